The molecule has 0 saturated carbocycles. The Morgan fingerprint density at radius 3 is 2.70 bits per heavy atom. The van der Waals surface area contributed by atoms with Crippen molar-refractivity contribution in [1.29, 1.82) is 0 Å². The van der Waals surface area contributed by atoms with Crippen LogP contribution in [0.25, 0.3) is 0 Å². The molecular formula is C15H17N3OS. The molecule has 0 aliphatic carbocycles. The van der Waals surface area contributed by atoms with Crippen LogP contribution < -0.4 is 10.7 Å². The Labute approximate surface area is 123 Å². The predicted molar refractivity (Wildman–Crippen MR) is 84.8 cm³/mol. The maximum Gasteiger partial charge on any atom is 0.186 e. The number of furan rings is 1. The Hall–Kier alpha value is -2.14. The van der Waals surface area contributed by atoms with Gasteiger partial charge in [-0.3, -0.25) is 5.43 Å². The van der Waals surface area contributed by atoms with Gasteiger partial charge in [0, 0.05) is 6.54 Å². The fourth-order valence-corrected chi connectivity index (χ4v) is 1.83. The second-order valence-corrected chi connectivity index (χ2v) is 4.69. The predicted octanol–water partition coefficient (Wildman–Crippen LogP) is 2.71. The third kappa shape index (κ3) is 4.51. The van der Waals surface area contributed by atoms with Crippen LogP contribution in [0.5, 0.6) is 0 Å². The van der Waals surface area contributed by atoms with Gasteiger partial charge in [0.05, 0.1) is 6.26 Å². The lowest BCUT2D eigenvalue weighted by molar-refractivity contribution is 0.556. The van der Waals surface area contributed by atoms with Gasteiger partial charge in [-0.1, -0.05) is 30.3 Å². The van der Waals surface area contributed by atoms with Gasteiger partial charge in [-0.05, 0) is 43.3 Å². The second-order valence-electron chi connectivity index (χ2n) is 4.28. The van der Waals surface area contributed by atoms with Crippen molar-refractivity contribution < 1.29 is 4.42 Å². The molecule has 1 aromatic heterocycles. The van der Waals surface area contributed by atoms with Crippen LogP contribution in [0.15, 0.2) is 58.2 Å². The monoisotopic (exact) mass is 287 g/mol. The molecule has 0 spiro atoms. The average Bonchev–Trinajstić information content (AvgIpc) is 3.00. The molecule has 0 amide bonds. The zero-order valence-corrected chi connectivity index (χ0v) is 12.1. The summed E-state index contributed by atoms with van der Waals surface area (Å²) in [7, 11) is 0. The van der Waals surface area contributed by atoms with E-state index < -0.39 is 0 Å². The normalized spacial score (nSPS) is 11.2. The zero-order valence-electron chi connectivity index (χ0n) is 11.3. The molecule has 0 bridgehead atoms. The molecule has 0 saturated heterocycles. The lowest BCUT2D eigenvalue weighted by atomic mass is 10.1. The number of benzene rings is 1. The summed E-state index contributed by atoms with van der Waals surface area (Å²) in [6, 6.07) is 13.9. The van der Waals surface area contributed by atoms with Gasteiger partial charge in [0.2, 0.25) is 0 Å². The lowest BCUT2D eigenvalue weighted by Crippen LogP contribution is -2.33. The summed E-state index contributed by atoms with van der Waals surface area (Å²) in [5, 5.41) is 7.78. The van der Waals surface area contributed by atoms with Gasteiger partial charge < -0.3 is 9.73 Å². The molecule has 0 fully saturated rings. The Kier molecular flexibility index (Phi) is 5.32. The van der Waals surface area contributed by atoms with Crippen molar-refractivity contribution >= 4 is 23.0 Å². The van der Waals surface area contributed by atoms with E-state index >= 15 is 0 Å². The van der Waals surface area contributed by atoms with E-state index in [4.69, 9.17) is 16.6 Å². The van der Waals surface area contributed by atoms with Crippen LogP contribution in [0.2, 0.25) is 0 Å². The number of nitrogens with zero attached hydrogens (tertiary/aromatic N) is 1. The highest BCUT2D eigenvalue weighted by Gasteiger charge is 2.00. The Morgan fingerprint density at radius 2 is 2.00 bits per heavy atom. The molecule has 2 aromatic rings. The van der Waals surface area contributed by atoms with Crippen LogP contribution in [-0.2, 0) is 6.42 Å². The van der Waals surface area contributed by atoms with E-state index in [0.29, 0.717) is 5.11 Å². The molecule has 1 heterocycles. The first-order chi connectivity index (χ1) is 9.75. The largest absolute Gasteiger partial charge is 0.463 e. The van der Waals surface area contributed by atoms with E-state index in [1.54, 1.807) is 6.26 Å². The molecule has 104 valence electrons. The standard InChI is InChI=1S/C15H17N3OS/c1-12(14-8-5-11-19-14)17-18-15(20)16-10-9-13-6-3-2-4-7-13/h2-8,11H,9-10H2,1H3,(H2,16,18,20). The molecule has 0 atom stereocenters. The molecule has 0 radical (unpaired) electrons. The maximum absolute atomic E-state index is 5.23. The summed E-state index contributed by atoms with van der Waals surface area (Å²) < 4.78 is 5.23. The summed E-state index contributed by atoms with van der Waals surface area (Å²) in [5.41, 5.74) is 4.83. The van der Waals surface area contributed by atoms with Crippen LogP contribution in [0.1, 0.15) is 18.2 Å². The highest BCUT2D eigenvalue weighted by atomic mass is 32.1. The van der Waals surface area contributed by atoms with E-state index in [1.807, 2.05) is 37.3 Å². The highest BCUT2D eigenvalue weighted by molar-refractivity contribution is 7.80. The summed E-state index contributed by atoms with van der Waals surface area (Å²) >= 11 is 5.16. The fraction of sp³-hybridized carbons (Fsp3) is 0.200. The van der Waals surface area contributed by atoms with Gasteiger partial charge in [-0.15, -0.1) is 0 Å². The number of hydrogen-bond acceptors (Lipinski definition) is 3. The van der Waals surface area contributed by atoms with Crippen LogP contribution in [0.4, 0.5) is 0 Å². The Bertz CT molecular complexity index is 564. The molecule has 2 rings (SSSR count). The number of rotatable bonds is 5. The number of hydrogen-bond donors (Lipinski definition) is 2. The Balaban J connectivity index is 1.72. The van der Waals surface area contributed by atoms with Crippen molar-refractivity contribution in [2.24, 2.45) is 5.10 Å². The van der Waals surface area contributed by atoms with Crippen LogP contribution >= 0.6 is 12.2 Å². The van der Waals surface area contributed by atoms with Gasteiger partial charge in [0.15, 0.2) is 5.11 Å². The SMILES string of the molecule is CC(=NNC(=S)NCCc1ccccc1)c1ccco1. The smallest absolute Gasteiger partial charge is 0.186 e. The van der Waals surface area contributed by atoms with Crippen molar-refractivity contribution in [3.05, 3.63) is 60.1 Å². The molecule has 4 nitrogen and oxygen atoms in total. The lowest BCUT2D eigenvalue weighted by Gasteiger charge is -2.07. The molecule has 0 aliphatic heterocycles. The van der Waals surface area contributed by atoms with Crippen LogP contribution in [0.3, 0.4) is 0 Å². The summed E-state index contributed by atoms with van der Waals surface area (Å²) in [4.78, 5) is 0. The van der Waals surface area contributed by atoms with Crippen molar-refractivity contribution in [3.63, 3.8) is 0 Å². The van der Waals surface area contributed by atoms with Gasteiger partial charge in [-0.25, -0.2) is 0 Å². The van der Waals surface area contributed by atoms with Gasteiger partial charge in [0.1, 0.15) is 11.5 Å². The zero-order chi connectivity index (χ0) is 14.2. The van der Waals surface area contributed by atoms with Crippen molar-refractivity contribution in [2.45, 2.75) is 13.3 Å². The number of thiocarbonyl (C=S) groups is 1. The molecule has 0 aliphatic rings. The van der Waals surface area contributed by atoms with E-state index in [-0.39, 0.29) is 0 Å². The number of nitrogens with one attached hydrogen (secondary N) is 2. The minimum absolute atomic E-state index is 0.506. The Morgan fingerprint density at radius 1 is 1.20 bits per heavy atom. The molecule has 2 N–H and O–H groups in total. The molecule has 0 unspecified atom stereocenters. The summed E-state index contributed by atoms with van der Waals surface area (Å²) in [5.74, 6) is 0.726. The molecule has 5 heteroatoms. The maximum atomic E-state index is 5.23. The van der Waals surface area contributed by atoms with Crippen molar-refractivity contribution in [1.82, 2.24) is 10.7 Å². The van der Waals surface area contributed by atoms with Crippen LogP contribution in [0, 0.1) is 0 Å². The summed E-state index contributed by atoms with van der Waals surface area (Å²) in [6.45, 7) is 2.63. The van der Waals surface area contributed by atoms with Gasteiger partial charge >= 0.3 is 0 Å². The topological polar surface area (TPSA) is 49.6 Å². The first kappa shape index (κ1) is 14.3. The quantitative estimate of drug-likeness (QED) is 0.504. The van der Waals surface area contributed by atoms with E-state index in [1.165, 1.54) is 5.56 Å². The second kappa shape index (κ2) is 7.45. The van der Waals surface area contributed by atoms with E-state index in [0.717, 1.165) is 24.4 Å². The number of hydrazone groups is 1. The fourth-order valence-electron chi connectivity index (χ4n) is 1.68. The molecular weight excluding hydrogens is 270 g/mol. The summed E-state index contributed by atoms with van der Waals surface area (Å²) in [6.07, 6.45) is 2.54. The first-order valence-electron chi connectivity index (χ1n) is 6.41. The van der Waals surface area contributed by atoms with Crippen LogP contribution in [-0.4, -0.2) is 17.4 Å². The van der Waals surface area contributed by atoms with E-state index in [9.17, 15) is 0 Å². The highest BCUT2D eigenvalue weighted by Crippen LogP contribution is 2.01. The third-order valence-electron chi connectivity index (χ3n) is 2.74. The average molecular weight is 287 g/mol. The van der Waals surface area contributed by atoms with Gasteiger partial charge in [0.25, 0.3) is 0 Å². The minimum atomic E-state index is 0.506. The third-order valence-corrected chi connectivity index (χ3v) is 2.98. The first-order valence-corrected chi connectivity index (χ1v) is 6.82. The molecule has 1 aromatic carbocycles. The van der Waals surface area contributed by atoms with Crippen molar-refractivity contribution in [2.75, 3.05) is 6.54 Å². The van der Waals surface area contributed by atoms with Crippen molar-refractivity contribution in [3.8, 4) is 0 Å². The van der Waals surface area contributed by atoms with E-state index in [2.05, 4.69) is 28.0 Å². The minimum Gasteiger partial charge on any atom is -0.463 e. The molecule has 20 heavy (non-hydrogen) atoms. The van der Waals surface area contributed by atoms with Gasteiger partial charge in [-0.2, -0.15) is 5.10 Å².